The monoisotopic (exact) mass is 338 g/mol. The van der Waals surface area contributed by atoms with Crippen LogP contribution in [0.1, 0.15) is 10.4 Å². The highest BCUT2D eigenvalue weighted by molar-refractivity contribution is 7.22. The van der Waals surface area contributed by atoms with Crippen molar-refractivity contribution in [1.29, 1.82) is 0 Å². The molecule has 0 saturated carbocycles. The minimum Gasteiger partial charge on any atom is -0.493 e. The van der Waals surface area contributed by atoms with Gasteiger partial charge in [0.2, 0.25) is 5.88 Å². The fraction of sp³-hybridized carbons (Fsp3) is 0. The van der Waals surface area contributed by atoms with Crippen LogP contribution in [0.3, 0.4) is 0 Å². The molecule has 0 spiro atoms. The van der Waals surface area contributed by atoms with Crippen molar-refractivity contribution in [2.24, 2.45) is 0 Å². The molecular formula is C16H10N4O3S. The Labute approximate surface area is 138 Å². The summed E-state index contributed by atoms with van der Waals surface area (Å²) in [6, 6.07) is 12.3. The van der Waals surface area contributed by atoms with E-state index in [1.165, 1.54) is 21.9 Å². The second-order valence-corrected chi connectivity index (χ2v) is 6.02. The number of rotatable bonds is 2. The number of fused-ring (bicyclic) bond motifs is 2. The number of pyridine rings is 1. The summed E-state index contributed by atoms with van der Waals surface area (Å²) in [5.41, 5.74) is -0.0541. The van der Waals surface area contributed by atoms with Gasteiger partial charge in [0.1, 0.15) is 5.65 Å². The van der Waals surface area contributed by atoms with E-state index in [1.54, 1.807) is 18.2 Å². The molecule has 3 aromatic heterocycles. The molecule has 24 heavy (non-hydrogen) atoms. The summed E-state index contributed by atoms with van der Waals surface area (Å²) < 4.78 is 2.11. The van der Waals surface area contributed by atoms with Crippen LogP contribution in [-0.2, 0) is 0 Å². The molecule has 0 saturated heterocycles. The van der Waals surface area contributed by atoms with Crippen molar-refractivity contribution < 1.29 is 9.90 Å². The summed E-state index contributed by atoms with van der Waals surface area (Å²) in [7, 11) is 0. The van der Waals surface area contributed by atoms with Crippen LogP contribution in [0.4, 0.5) is 5.13 Å². The largest absolute Gasteiger partial charge is 0.493 e. The van der Waals surface area contributed by atoms with Crippen LogP contribution >= 0.6 is 11.3 Å². The van der Waals surface area contributed by atoms with Gasteiger partial charge in [0.25, 0.3) is 11.5 Å². The highest BCUT2D eigenvalue weighted by Gasteiger charge is 2.20. The lowest BCUT2D eigenvalue weighted by atomic mass is 10.3. The molecule has 0 aliphatic rings. The maximum absolute atomic E-state index is 12.4. The molecular weight excluding hydrogens is 328 g/mol. The first-order valence-electron chi connectivity index (χ1n) is 7.01. The molecule has 0 aliphatic carbocycles. The summed E-state index contributed by atoms with van der Waals surface area (Å²) in [5, 5.41) is 12.9. The predicted molar refractivity (Wildman–Crippen MR) is 90.7 cm³/mol. The van der Waals surface area contributed by atoms with Gasteiger partial charge in [0.15, 0.2) is 10.7 Å². The number of nitrogens with one attached hydrogen (secondary N) is 1. The lowest BCUT2D eigenvalue weighted by molar-refractivity contribution is 0.102. The Kier molecular flexibility index (Phi) is 3.24. The Bertz CT molecular complexity index is 1120. The molecule has 0 fully saturated rings. The van der Waals surface area contributed by atoms with Crippen molar-refractivity contribution in [2.75, 3.05) is 5.32 Å². The van der Waals surface area contributed by atoms with Gasteiger partial charge < -0.3 is 5.11 Å². The standard InChI is InChI=1S/C16H10N4O3S/c21-13-12(15(23)20-8-4-3-7-11(20)18-13)14(22)19-16-17-9-5-1-2-6-10(9)24-16/h1-8,21H,(H,17,19,22). The minimum absolute atomic E-state index is 0.261. The molecule has 118 valence electrons. The highest BCUT2D eigenvalue weighted by Crippen LogP contribution is 2.26. The minimum atomic E-state index is -0.748. The zero-order valence-corrected chi connectivity index (χ0v) is 12.9. The van der Waals surface area contributed by atoms with Gasteiger partial charge in [0, 0.05) is 6.20 Å². The summed E-state index contributed by atoms with van der Waals surface area (Å²) in [4.78, 5) is 33.0. The van der Waals surface area contributed by atoms with Gasteiger partial charge in [-0.15, -0.1) is 0 Å². The van der Waals surface area contributed by atoms with Gasteiger partial charge in [-0.3, -0.25) is 19.3 Å². The Morgan fingerprint density at radius 3 is 2.75 bits per heavy atom. The average molecular weight is 338 g/mol. The molecule has 1 amide bonds. The van der Waals surface area contributed by atoms with E-state index in [0.717, 1.165) is 10.2 Å². The van der Waals surface area contributed by atoms with Crippen molar-refractivity contribution >= 4 is 38.2 Å². The van der Waals surface area contributed by atoms with E-state index in [9.17, 15) is 14.7 Å². The Morgan fingerprint density at radius 1 is 1.12 bits per heavy atom. The second kappa shape index (κ2) is 5.43. The lowest BCUT2D eigenvalue weighted by Crippen LogP contribution is -2.27. The zero-order chi connectivity index (χ0) is 16.7. The summed E-state index contributed by atoms with van der Waals surface area (Å²) in [6.45, 7) is 0. The van der Waals surface area contributed by atoms with Gasteiger partial charge in [0.05, 0.1) is 10.2 Å². The van der Waals surface area contributed by atoms with Gasteiger partial charge >= 0.3 is 0 Å². The zero-order valence-electron chi connectivity index (χ0n) is 12.1. The van der Waals surface area contributed by atoms with Crippen LogP contribution in [0.5, 0.6) is 5.88 Å². The van der Waals surface area contributed by atoms with Gasteiger partial charge in [-0.1, -0.05) is 29.5 Å². The number of hydrogen-bond donors (Lipinski definition) is 2. The molecule has 3 heterocycles. The topological polar surface area (TPSA) is 96.6 Å². The van der Waals surface area contributed by atoms with Crippen LogP contribution < -0.4 is 10.9 Å². The second-order valence-electron chi connectivity index (χ2n) is 4.99. The number of hydrogen-bond acceptors (Lipinski definition) is 6. The number of thiazole rings is 1. The van der Waals surface area contributed by atoms with E-state index in [4.69, 9.17) is 0 Å². The molecule has 2 N–H and O–H groups in total. The SMILES string of the molecule is O=C(Nc1nc2ccccc2s1)c1c(O)nc2ccccn2c1=O. The van der Waals surface area contributed by atoms with E-state index in [-0.39, 0.29) is 5.65 Å². The first-order valence-corrected chi connectivity index (χ1v) is 7.82. The number of aromatic nitrogens is 3. The number of benzene rings is 1. The fourth-order valence-electron chi connectivity index (χ4n) is 2.36. The molecule has 0 bridgehead atoms. The number of carbonyl (C=O) groups excluding carboxylic acids is 1. The van der Waals surface area contributed by atoms with Crippen molar-refractivity contribution in [3.63, 3.8) is 0 Å². The predicted octanol–water partition coefficient (Wildman–Crippen LogP) is 2.26. The molecule has 8 heteroatoms. The summed E-state index contributed by atoms with van der Waals surface area (Å²) in [6.07, 6.45) is 1.48. The molecule has 0 atom stereocenters. The van der Waals surface area contributed by atoms with E-state index in [2.05, 4.69) is 15.3 Å². The number of carbonyl (C=O) groups is 1. The number of nitrogens with zero attached hydrogens (tertiary/aromatic N) is 3. The highest BCUT2D eigenvalue weighted by atomic mass is 32.1. The van der Waals surface area contributed by atoms with E-state index >= 15 is 0 Å². The summed E-state index contributed by atoms with van der Waals surface area (Å²) in [5.74, 6) is -1.35. The number of para-hydroxylation sites is 1. The molecule has 7 nitrogen and oxygen atoms in total. The van der Waals surface area contributed by atoms with Crippen LogP contribution in [0.2, 0.25) is 0 Å². The number of amides is 1. The maximum atomic E-state index is 12.4. The lowest BCUT2D eigenvalue weighted by Gasteiger charge is -2.05. The van der Waals surface area contributed by atoms with Gasteiger partial charge in [-0.05, 0) is 24.3 Å². The maximum Gasteiger partial charge on any atom is 0.274 e. The summed E-state index contributed by atoms with van der Waals surface area (Å²) >= 11 is 1.28. The Balaban J connectivity index is 1.76. The fourth-order valence-corrected chi connectivity index (χ4v) is 3.22. The van der Waals surface area contributed by atoms with Crippen LogP contribution in [0.25, 0.3) is 15.9 Å². The third-order valence-corrected chi connectivity index (χ3v) is 4.41. The molecule has 4 aromatic rings. The number of aromatic hydroxyl groups is 1. The smallest absolute Gasteiger partial charge is 0.274 e. The molecule has 4 rings (SSSR count). The van der Waals surface area contributed by atoms with E-state index in [0.29, 0.717) is 5.13 Å². The normalized spacial score (nSPS) is 11.0. The molecule has 1 aromatic carbocycles. The van der Waals surface area contributed by atoms with Crippen LogP contribution in [-0.4, -0.2) is 25.4 Å². The molecule has 0 radical (unpaired) electrons. The quantitative estimate of drug-likeness (QED) is 0.584. The van der Waals surface area contributed by atoms with Crippen molar-refractivity contribution in [3.8, 4) is 5.88 Å². The van der Waals surface area contributed by atoms with Gasteiger partial charge in [-0.25, -0.2) is 4.98 Å². The van der Waals surface area contributed by atoms with Crippen LogP contribution in [0.15, 0.2) is 53.5 Å². The molecule has 0 unspecified atom stereocenters. The first-order chi connectivity index (χ1) is 11.6. The van der Waals surface area contributed by atoms with E-state index in [1.807, 2.05) is 24.3 Å². The Morgan fingerprint density at radius 2 is 1.92 bits per heavy atom. The van der Waals surface area contributed by atoms with Crippen molar-refractivity contribution in [3.05, 3.63) is 64.6 Å². The van der Waals surface area contributed by atoms with Crippen molar-refractivity contribution in [2.45, 2.75) is 0 Å². The van der Waals surface area contributed by atoms with Crippen molar-refractivity contribution in [1.82, 2.24) is 14.4 Å². The Hall–Kier alpha value is -3.26. The van der Waals surface area contributed by atoms with Gasteiger partial charge in [-0.2, -0.15) is 4.98 Å². The average Bonchev–Trinajstić information content (AvgIpc) is 2.97. The van der Waals surface area contributed by atoms with E-state index < -0.39 is 22.9 Å². The third-order valence-electron chi connectivity index (χ3n) is 3.46. The number of anilines is 1. The van der Waals surface area contributed by atoms with Crippen LogP contribution in [0, 0.1) is 0 Å². The first kappa shape index (κ1) is 14.3. The third kappa shape index (κ3) is 2.29. The molecule has 0 aliphatic heterocycles.